The van der Waals surface area contributed by atoms with Crippen molar-refractivity contribution in [2.45, 2.75) is 51.1 Å². The Morgan fingerprint density at radius 2 is 1.79 bits per heavy atom. The van der Waals surface area contributed by atoms with Crippen LogP contribution in [0.1, 0.15) is 32.8 Å². The van der Waals surface area contributed by atoms with Gasteiger partial charge in [0.15, 0.2) is 0 Å². The molecule has 0 radical (unpaired) electrons. The van der Waals surface area contributed by atoms with E-state index in [1.807, 2.05) is 49.9 Å². The normalized spacial score (nSPS) is 18.0. The van der Waals surface area contributed by atoms with Gasteiger partial charge in [0.1, 0.15) is 0 Å². The van der Waals surface area contributed by atoms with E-state index < -0.39 is 23.7 Å². The highest BCUT2D eigenvalue weighted by molar-refractivity contribution is 5.85. The molecule has 1 fully saturated rings. The summed E-state index contributed by atoms with van der Waals surface area (Å²) in [4.78, 5) is 31.9. The second kappa shape index (κ2) is 11.3. The van der Waals surface area contributed by atoms with Gasteiger partial charge in [-0.2, -0.15) is 18.2 Å². The molecule has 13 heteroatoms. The molecule has 1 atom stereocenters. The van der Waals surface area contributed by atoms with E-state index in [0.29, 0.717) is 18.3 Å². The maximum atomic E-state index is 15.2. The molecule has 1 unspecified atom stereocenters. The quantitative estimate of drug-likeness (QED) is 0.463. The highest BCUT2D eigenvalue weighted by atomic mass is 19.4. The van der Waals surface area contributed by atoms with Crippen LogP contribution in [0.4, 0.5) is 17.6 Å². The first-order valence-electron chi connectivity index (χ1n) is 11.5. The second-order valence-electron chi connectivity index (χ2n) is 9.65. The molecular weight excluding hydrogens is 510 g/mol. The molecule has 0 spiro atoms. The zero-order chi connectivity index (χ0) is 28.1. The molecule has 1 aliphatic heterocycles. The summed E-state index contributed by atoms with van der Waals surface area (Å²) in [6, 6.07) is 11.0. The number of amides is 1. The SMILES string of the molecule is CC(C)(C)N1CCC(F)(C(=O)NCc2cccc(-c3nc(-c4ccncc4)no3)c2)C1.O=C(O)C(F)(F)F. The molecule has 38 heavy (non-hydrogen) atoms. The van der Waals surface area contributed by atoms with Crippen molar-refractivity contribution in [3.8, 4) is 22.8 Å². The molecule has 3 heterocycles. The summed E-state index contributed by atoms with van der Waals surface area (Å²) in [7, 11) is 0. The average molecular weight is 538 g/mol. The fourth-order valence-corrected chi connectivity index (χ4v) is 3.64. The predicted molar refractivity (Wildman–Crippen MR) is 128 cm³/mol. The Bertz CT molecular complexity index is 1260. The van der Waals surface area contributed by atoms with Gasteiger partial charge in [0.2, 0.25) is 11.5 Å². The van der Waals surface area contributed by atoms with Crippen LogP contribution in [0.25, 0.3) is 22.8 Å². The number of benzene rings is 1. The third-order valence-corrected chi connectivity index (χ3v) is 5.81. The van der Waals surface area contributed by atoms with Crippen molar-refractivity contribution in [3.05, 3.63) is 54.4 Å². The number of likely N-dealkylation sites (tertiary alicyclic amines) is 1. The molecule has 1 aromatic carbocycles. The van der Waals surface area contributed by atoms with E-state index in [2.05, 4.69) is 20.4 Å². The average Bonchev–Trinajstić information content (AvgIpc) is 3.51. The summed E-state index contributed by atoms with van der Waals surface area (Å²) in [5, 5.41) is 13.9. The molecule has 2 aromatic heterocycles. The second-order valence-corrected chi connectivity index (χ2v) is 9.65. The molecule has 9 nitrogen and oxygen atoms in total. The maximum absolute atomic E-state index is 15.2. The van der Waals surface area contributed by atoms with Gasteiger partial charge in [-0.3, -0.25) is 14.7 Å². The van der Waals surface area contributed by atoms with Crippen molar-refractivity contribution in [1.82, 2.24) is 25.3 Å². The van der Waals surface area contributed by atoms with E-state index in [1.165, 1.54) is 0 Å². The molecule has 0 aliphatic carbocycles. The number of pyridine rings is 1. The predicted octanol–water partition coefficient (Wildman–Crippen LogP) is 4.26. The van der Waals surface area contributed by atoms with Gasteiger partial charge in [-0.25, -0.2) is 9.18 Å². The number of aliphatic carboxylic acids is 1. The van der Waals surface area contributed by atoms with Gasteiger partial charge in [0.05, 0.1) is 0 Å². The van der Waals surface area contributed by atoms with Crippen LogP contribution in [0.5, 0.6) is 0 Å². The highest BCUT2D eigenvalue weighted by Gasteiger charge is 2.47. The van der Waals surface area contributed by atoms with Crippen molar-refractivity contribution in [3.63, 3.8) is 0 Å². The molecule has 3 aromatic rings. The first-order valence-corrected chi connectivity index (χ1v) is 11.5. The Morgan fingerprint density at radius 3 is 2.37 bits per heavy atom. The minimum atomic E-state index is -5.08. The highest BCUT2D eigenvalue weighted by Crippen LogP contribution is 2.31. The van der Waals surface area contributed by atoms with E-state index in [1.54, 1.807) is 24.5 Å². The van der Waals surface area contributed by atoms with Crippen LogP contribution >= 0.6 is 0 Å². The number of aromatic nitrogens is 3. The van der Waals surface area contributed by atoms with Crippen LogP contribution in [-0.4, -0.2) is 67.5 Å². The molecule has 2 N–H and O–H groups in total. The van der Waals surface area contributed by atoms with Crippen LogP contribution < -0.4 is 5.32 Å². The molecule has 1 saturated heterocycles. The molecule has 0 bridgehead atoms. The Morgan fingerprint density at radius 1 is 1.13 bits per heavy atom. The number of carboxylic acid groups (broad SMARTS) is 1. The summed E-state index contributed by atoms with van der Waals surface area (Å²) in [5.41, 5.74) is 0.332. The fraction of sp³-hybridized carbons (Fsp3) is 0.400. The van der Waals surface area contributed by atoms with Gasteiger partial charge in [-0.05, 0) is 50.6 Å². The maximum Gasteiger partial charge on any atom is 0.490 e. The van der Waals surface area contributed by atoms with Crippen LogP contribution in [0.2, 0.25) is 0 Å². The minimum Gasteiger partial charge on any atom is -0.475 e. The van der Waals surface area contributed by atoms with Gasteiger partial charge in [0, 0.05) is 55.1 Å². The molecule has 0 saturated carbocycles. The Labute approximate surface area is 215 Å². The van der Waals surface area contributed by atoms with Crippen molar-refractivity contribution in [1.29, 1.82) is 0 Å². The number of nitrogens with zero attached hydrogens (tertiary/aromatic N) is 4. The van der Waals surface area contributed by atoms with Crippen LogP contribution in [-0.2, 0) is 16.1 Å². The molecular formula is C25H27F4N5O4. The number of hydrogen-bond acceptors (Lipinski definition) is 7. The van der Waals surface area contributed by atoms with Gasteiger partial charge >= 0.3 is 12.1 Å². The zero-order valence-electron chi connectivity index (χ0n) is 20.9. The first kappa shape index (κ1) is 28.7. The number of rotatable bonds is 5. The van der Waals surface area contributed by atoms with E-state index in [9.17, 15) is 18.0 Å². The smallest absolute Gasteiger partial charge is 0.475 e. The van der Waals surface area contributed by atoms with E-state index in [4.69, 9.17) is 14.4 Å². The largest absolute Gasteiger partial charge is 0.490 e. The Kier molecular flexibility index (Phi) is 8.50. The van der Waals surface area contributed by atoms with Gasteiger partial charge < -0.3 is 14.9 Å². The van der Waals surface area contributed by atoms with Gasteiger partial charge in [0.25, 0.3) is 11.8 Å². The number of hydrogen-bond donors (Lipinski definition) is 2. The summed E-state index contributed by atoms with van der Waals surface area (Å²) < 4.78 is 52.3. The van der Waals surface area contributed by atoms with Crippen LogP contribution in [0.3, 0.4) is 0 Å². The van der Waals surface area contributed by atoms with Gasteiger partial charge in [-0.1, -0.05) is 17.3 Å². The number of carbonyl (C=O) groups excluding carboxylic acids is 1. The lowest BCUT2D eigenvalue weighted by Gasteiger charge is -2.32. The summed E-state index contributed by atoms with van der Waals surface area (Å²) in [5.74, 6) is -2.48. The third-order valence-electron chi connectivity index (χ3n) is 5.81. The van der Waals surface area contributed by atoms with Gasteiger partial charge in [-0.15, -0.1) is 0 Å². The zero-order valence-corrected chi connectivity index (χ0v) is 20.9. The van der Waals surface area contributed by atoms with Crippen molar-refractivity contribution >= 4 is 11.9 Å². The van der Waals surface area contributed by atoms with Crippen molar-refractivity contribution in [2.24, 2.45) is 0 Å². The number of halogens is 4. The lowest BCUT2D eigenvalue weighted by molar-refractivity contribution is -0.192. The first-order chi connectivity index (χ1) is 17.7. The Hall–Kier alpha value is -3.87. The summed E-state index contributed by atoms with van der Waals surface area (Å²) >= 11 is 0. The summed E-state index contributed by atoms with van der Waals surface area (Å²) in [6.45, 7) is 6.99. The monoisotopic (exact) mass is 537 g/mol. The lowest BCUT2D eigenvalue weighted by Crippen LogP contribution is -2.48. The fourth-order valence-electron chi connectivity index (χ4n) is 3.64. The number of nitrogens with one attached hydrogen (secondary N) is 1. The molecule has 4 rings (SSSR count). The molecule has 1 amide bonds. The van der Waals surface area contributed by atoms with Crippen molar-refractivity contribution in [2.75, 3.05) is 13.1 Å². The topological polar surface area (TPSA) is 121 Å². The number of carbonyl (C=O) groups is 2. The Balaban J connectivity index is 0.000000505. The minimum absolute atomic E-state index is 0.113. The lowest BCUT2D eigenvalue weighted by atomic mass is 10.0. The van der Waals surface area contributed by atoms with Crippen LogP contribution in [0, 0.1) is 0 Å². The van der Waals surface area contributed by atoms with Crippen LogP contribution in [0.15, 0.2) is 53.3 Å². The number of alkyl halides is 4. The van der Waals surface area contributed by atoms with Crippen molar-refractivity contribution < 1.29 is 36.8 Å². The van der Waals surface area contributed by atoms with E-state index >= 15 is 4.39 Å². The summed E-state index contributed by atoms with van der Waals surface area (Å²) in [6.07, 6.45) is -1.55. The molecule has 1 aliphatic rings. The van der Waals surface area contributed by atoms with E-state index in [0.717, 1.165) is 16.7 Å². The number of carboxylic acids is 1. The van der Waals surface area contributed by atoms with E-state index in [-0.39, 0.29) is 25.0 Å². The third kappa shape index (κ3) is 7.34. The standard InChI is InChI=1S/C23H26FN5O2.C2HF3O2/c1-22(2,3)29-12-9-23(24,15-29)21(30)26-14-16-5-4-6-18(13-16)20-27-19(28-31-20)17-7-10-25-11-8-17;3-2(4,5)1(6)7/h4-8,10-11,13H,9,12,14-15H2,1-3H3,(H,26,30);(H,6,7). The molecule has 204 valence electrons.